The summed E-state index contributed by atoms with van der Waals surface area (Å²) in [7, 11) is 1.60. The van der Waals surface area contributed by atoms with Gasteiger partial charge in [-0.05, 0) is 54.4 Å². The van der Waals surface area contributed by atoms with Crippen molar-refractivity contribution in [1.82, 2.24) is 0 Å². The Morgan fingerprint density at radius 1 is 1.03 bits per heavy atom. The highest BCUT2D eigenvalue weighted by molar-refractivity contribution is 5.78. The highest BCUT2D eigenvalue weighted by Gasteiger charge is 2.48. The summed E-state index contributed by atoms with van der Waals surface area (Å²) in [5.74, 6) is 0.965. The summed E-state index contributed by atoms with van der Waals surface area (Å²) in [5.41, 5.74) is 2.63. The molecule has 2 heterocycles. The summed E-state index contributed by atoms with van der Waals surface area (Å²) < 4.78 is 22.0. The number of ether oxygens (including phenoxy) is 4. The van der Waals surface area contributed by atoms with Gasteiger partial charge in [-0.1, -0.05) is 18.2 Å². The Labute approximate surface area is 208 Å². The summed E-state index contributed by atoms with van der Waals surface area (Å²) in [4.78, 5) is 26.4. The fraction of sp³-hybridized carbons (Fsp3) is 0.296. The number of non-ortho nitro benzene ring substituents is 1. The van der Waals surface area contributed by atoms with Crippen LogP contribution in [-0.2, 0) is 9.53 Å². The van der Waals surface area contributed by atoms with E-state index in [0.29, 0.717) is 23.8 Å². The normalized spacial score (nSPS) is 20.3. The number of hydrogen-bond acceptors (Lipinski definition) is 8. The molecule has 9 heteroatoms. The van der Waals surface area contributed by atoms with Gasteiger partial charge >= 0.3 is 5.97 Å². The first kappa shape index (κ1) is 23.5. The molecule has 1 saturated heterocycles. The third-order valence-corrected chi connectivity index (χ3v) is 6.74. The predicted molar refractivity (Wildman–Crippen MR) is 132 cm³/mol. The van der Waals surface area contributed by atoms with Crippen molar-refractivity contribution < 1.29 is 28.7 Å². The lowest BCUT2D eigenvalue weighted by atomic mass is 9.82. The fourth-order valence-corrected chi connectivity index (χ4v) is 5.06. The molecule has 0 N–H and O–H groups in total. The Bertz CT molecular complexity index is 1260. The number of methoxy groups -OCH3 is 1. The molecule has 2 aliphatic rings. The number of carbonyl (C=O) groups is 1. The minimum absolute atomic E-state index is 0.00760. The third kappa shape index (κ3) is 4.28. The van der Waals surface area contributed by atoms with Crippen molar-refractivity contribution >= 4 is 17.3 Å². The molecule has 0 bridgehead atoms. The zero-order valence-corrected chi connectivity index (χ0v) is 20.0. The lowest BCUT2D eigenvalue weighted by molar-refractivity contribution is -0.384. The van der Waals surface area contributed by atoms with Gasteiger partial charge in [-0.15, -0.1) is 0 Å². The molecule has 0 aromatic heterocycles. The van der Waals surface area contributed by atoms with Gasteiger partial charge in [0.2, 0.25) is 6.79 Å². The van der Waals surface area contributed by atoms with Crippen LogP contribution in [0.3, 0.4) is 0 Å². The first-order valence-corrected chi connectivity index (χ1v) is 11.7. The Balaban J connectivity index is 1.61. The number of fused-ring (bicyclic) bond motifs is 1. The van der Waals surface area contributed by atoms with Crippen LogP contribution in [0.15, 0.2) is 66.7 Å². The summed E-state index contributed by atoms with van der Waals surface area (Å²) >= 11 is 0. The molecular formula is C27H26N2O7. The Kier molecular flexibility index (Phi) is 6.37. The van der Waals surface area contributed by atoms with Gasteiger partial charge in [0.05, 0.1) is 30.6 Å². The van der Waals surface area contributed by atoms with Gasteiger partial charge in [-0.2, -0.15) is 0 Å². The second-order valence-electron chi connectivity index (χ2n) is 8.64. The van der Waals surface area contributed by atoms with Gasteiger partial charge in [0.1, 0.15) is 5.75 Å². The second kappa shape index (κ2) is 9.77. The Morgan fingerprint density at radius 3 is 2.39 bits per heavy atom. The van der Waals surface area contributed by atoms with Crippen molar-refractivity contribution in [3.63, 3.8) is 0 Å². The zero-order valence-electron chi connectivity index (χ0n) is 20.0. The zero-order chi connectivity index (χ0) is 25.2. The van der Waals surface area contributed by atoms with Gasteiger partial charge in [-0.25, -0.2) is 0 Å². The van der Waals surface area contributed by atoms with Crippen molar-refractivity contribution in [2.45, 2.75) is 18.9 Å². The molecule has 9 nitrogen and oxygen atoms in total. The van der Waals surface area contributed by atoms with Gasteiger partial charge in [0, 0.05) is 30.3 Å². The Hall–Kier alpha value is -4.27. The first-order valence-electron chi connectivity index (χ1n) is 11.7. The number of anilines is 1. The summed E-state index contributed by atoms with van der Waals surface area (Å²) in [6.45, 7) is 2.71. The number of rotatable bonds is 7. The van der Waals surface area contributed by atoms with Crippen LogP contribution in [-0.4, -0.2) is 37.9 Å². The van der Waals surface area contributed by atoms with Gasteiger partial charge < -0.3 is 23.8 Å². The number of carbonyl (C=O) groups excluding carboxylic acids is 1. The molecule has 186 valence electrons. The Morgan fingerprint density at radius 2 is 1.72 bits per heavy atom. The minimum atomic E-state index is -0.533. The molecule has 3 unspecified atom stereocenters. The molecule has 3 atom stereocenters. The smallest absolute Gasteiger partial charge is 0.312 e. The van der Waals surface area contributed by atoms with Crippen LogP contribution in [0.5, 0.6) is 17.2 Å². The van der Waals surface area contributed by atoms with E-state index in [2.05, 4.69) is 4.90 Å². The highest BCUT2D eigenvalue weighted by Crippen LogP contribution is 2.50. The highest BCUT2D eigenvalue weighted by atomic mass is 16.7. The lowest BCUT2D eigenvalue weighted by Crippen LogP contribution is -2.30. The van der Waals surface area contributed by atoms with Crippen molar-refractivity contribution in [3.8, 4) is 17.2 Å². The SMILES string of the molecule is CCOC(=O)C1C(c2ccc3c(c2)OCO3)CN(c2ccc([N+](=O)[O-])cc2)C1c1ccc(OC)cc1. The molecule has 36 heavy (non-hydrogen) atoms. The van der Waals surface area contributed by atoms with E-state index in [1.165, 1.54) is 12.1 Å². The van der Waals surface area contributed by atoms with Gasteiger partial charge in [-0.3, -0.25) is 14.9 Å². The monoisotopic (exact) mass is 490 g/mol. The van der Waals surface area contributed by atoms with Crippen molar-refractivity contribution in [2.24, 2.45) is 5.92 Å². The van der Waals surface area contributed by atoms with Crippen molar-refractivity contribution in [3.05, 3.63) is 88.0 Å². The topological polar surface area (TPSA) is 100 Å². The van der Waals surface area contributed by atoms with E-state index in [9.17, 15) is 14.9 Å². The van der Waals surface area contributed by atoms with Crippen LogP contribution in [0.25, 0.3) is 0 Å². The quantitative estimate of drug-likeness (QED) is 0.263. The lowest BCUT2D eigenvalue weighted by Gasteiger charge is -2.30. The van der Waals surface area contributed by atoms with Crippen LogP contribution in [0.2, 0.25) is 0 Å². The maximum atomic E-state index is 13.5. The first-order chi connectivity index (χ1) is 17.5. The number of hydrogen-bond donors (Lipinski definition) is 0. The molecule has 5 rings (SSSR count). The van der Waals surface area contributed by atoms with Crippen LogP contribution in [0.4, 0.5) is 11.4 Å². The number of nitro groups is 1. The summed E-state index contributed by atoms with van der Waals surface area (Å²) in [6, 6.07) is 19.4. The molecule has 0 aliphatic carbocycles. The minimum Gasteiger partial charge on any atom is -0.497 e. The number of nitro benzene ring substituents is 1. The molecule has 3 aromatic carbocycles. The van der Waals surface area contributed by atoms with E-state index in [1.54, 1.807) is 26.2 Å². The molecular weight excluding hydrogens is 464 g/mol. The number of nitrogens with zero attached hydrogens (tertiary/aromatic N) is 2. The predicted octanol–water partition coefficient (Wildman–Crippen LogP) is 4.86. The van der Waals surface area contributed by atoms with Gasteiger partial charge in [0.25, 0.3) is 5.69 Å². The second-order valence-corrected chi connectivity index (χ2v) is 8.64. The van der Waals surface area contributed by atoms with Crippen LogP contribution < -0.4 is 19.1 Å². The molecule has 0 amide bonds. The molecule has 2 aliphatic heterocycles. The molecule has 0 saturated carbocycles. The largest absolute Gasteiger partial charge is 0.497 e. The fourth-order valence-electron chi connectivity index (χ4n) is 5.06. The van der Waals surface area contributed by atoms with E-state index in [1.807, 2.05) is 42.5 Å². The summed E-state index contributed by atoms with van der Waals surface area (Å²) in [5, 5.41) is 11.2. The maximum absolute atomic E-state index is 13.5. The standard InChI is InChI=1S/C27H26N2O7/c1-3-34-27(30)25-22(18-6-13-23-24(14-18)36-16-35-23)15-28(19-7-9-20(10-8-19)29(31)32)26(25)17-4-11-21(33-2)12-5-17/h4-14,22,25-26H,3,15-16H2,1-2H3. The third-order valence-electron chi connectivity index (χ3n) is 6.74. The molecule has 0 spiro atoms. The van der Waals surface area contributed by atoms with Gasteiger partial charge in [0.15, 0.2) is 11.5 Å². The van der Waals surface area contributed by atoms with Crippen LogP contribution in [0, 0.1) is 16.0 Å². The summed E-state index contributed by atoms with van der Waals surface area (Å²) in [6.07, 6.45) is 0. The number of esters is 1. The number of benzene rings is 3. The van der Waals surface area contributed by atoms with E-state index in [0.717, 1.165) is 16.8 Å². The van der Waals surface area contributed by atoms with Crippen LogP contribution >= 0.6 is 0 Å². The molecule has 3 aromatic rings. The average Bonchev–Trinajstić information content (AvgIpc) is 3.53. The van der Waals surface area contributed by atoms with Crippen molar-refractivity contribution in [1.29, 1.82) is 0 Å². The van der Waals surface area contributed by atoms with Crippen LogP contribution in [0.1, 0.15) is 30.0 Å². The van der Waals surface area contributed by atoms with E-state index < -0.39 is 10.8 Å². The maximum Gasteiger partial charge on any atom is 0.312 e. The van der Waals surface area contributed by atoms with E-state index >= 15 is 0 Å². The molecule has 0 radical (unpaired) electrons. The average molecular weight is 491 g/mol. The van der Waals surface area contributed by atoms with Crippen molar-refractivity contribution in [2.75, 3.05) is 32.0 Å². The molecule has 1 fully saturated rings. The van der Waals surface area contributed by atoms with E-state index in [-0.39, 0.29) is 37.0 Å². The van der Waals surface area contributed by atoms with E-state index in [4.69, 9.17) is 18.9 Å².